The van der Waals surface area contributed by atoms with Crippen LogP contribution in [-0.2, 0) is 14.4 Å². The Morgan fingerprint density at radius 1 is 1.03 bits per heavy atom. The number of hydrogen-bond acceptors (Lipinski definition) is 6. The van der Waals surface area contributed by atoms with Gasteiger partial charge in [-0.15, -0.1) is 5.10 Å². The second-order valence-electron chi connectivity index (χ2n) is 9.53. The first kappa shape index (κ1) is 24.3. The molecule has 1 unspecified atom stereocenters. The number of hydrogen-bond donors (Lipinski definition) is 2. The SMILES string of the molecule is CC(C)C(=O)NC(C(=O)N1CCC[C@H]1C(=O)Nc1snnc1-c1ccccc1)C1CCCCC1. The number of carbonyl (C=O) groups excluding carboxylic acids is 3. The lowest BCUT2D eigenvalue weighted by atomic mass is 9.83. The Balaban J connectivity index is 1.50. The zero-order valence-corrected chi connectivity index (χ0v) is 20.6. The molecule has 1 aliphatic carbocycles. The number of benzene rings is 1. The van der Waals surface area contributed by atoms with Crippen LogP contribution in [0, 0.1) is 11.8 Å². The number of carbonyl (C=O) groups is 3. The molecule has 9 heteroatoms. The van der Waals surface area contributed by atoms with Gasteiger partial charge in [0.05, 0.1) is 0 Å². The third-order valence-electron chi connectivity index (χ3n) is 6.82. The lowest BCUT2D eigenvalue weighted by Gasteiger charge is -2.35. The van der Waals surface area contributed by atoms with E-state index >= 15 is 0 Å². The molecule has 8 nitrogen and oxygen atoms in total. The van der Waals surface area contributed by atoms with Gasteiger partial charge in [0.25, 0.3) is 0 Å². The minimum absolute atomic E-state index is 0.114. The molecule has 0 bridgehead atoms. The fourth-order valence-corrected chi connectivity index (χ4v) is 5.50. The number of likely N-dealkylation sites (tertiary alicyclic amines) is 1. The Hall–Kier alpha value is -2.81. The molecule has 4 rings (SSSR count). The summed E-state index contributed by atoms with van der Waals surface area (Å²) in [6.07, 6.45) is 6.49. The van der Waals surface area contributed by atoms with Crippen LogP contribution in [0.15, 0.2) is 30.3 Å². The maximum atomic E-state index is 13.7. The van der Waals surface area contributed by atoms with Gasteiger partial charge in [-0.1, -0.05) is 67.9 Å². The minimum Gasteiger partial charge on any atom is -0.344 e. The minimum atomic E-state index is -0.575. The number of anilines is 1. The van der Waals surface area contributed by atoms with Crippen molar-refractivity contribution in [2.24, 2.45) is 11.8 Å². The molecule has 1 saturated carbocycles. The quantitative estimate of drug-likeness (QED) is 0.622. The van der Waals surface area contributed by atoms with Crippen molar-refractivity contribution in [2.75, 3.05) is 11.9 Å². The molecule has 182 valence electrons. The van der Waals surface area contributed by atoms with Crippen LogP contribution in [0.3, 0.4) is 0 Å². The molecule has 2 heterocycles. The summed E-state index contributed by atoms with van der Waals surface area (Å²) in [6, 6.07) is 8.44. The highest BCUT2D eigenvalue weighted by Gasteiger charge is 2.41. The topological polar surface area (TPSA) is 104 Å². The molecule has 3 amide bonds. The molecule has 2 N–H and O–H groups in total. The number of nitrogens with one attached hydrogen (secondary N) is 2. The van der Waals surface area contributed by atoms with E-state index in [2.05, 4.69) is 20.2 Å². The number of nitrogens with zero attached hydrogens (tertiary/aromatic N) is 3. The van der Waals surface area contributed by atoms with Gasteiger partial charge in [0.15, 0.2) is 0 Å². The summed E-state index contributed by atoms with van der Waals surface area (Å²) in [5.41, 5.74) is 1.50. The van der Waals surface area contributed by atoms with Crippen LogP contribution in [0.1, 0.15) is 58.8 Å². The molecule has 1 aromatic heterocycles. The smallest absolute Gasteiger partial charge is 0.247 e. The largest absolute Gasteiger partial charge is 0.344 e. The average Bonchev–Trinajstić information content (AvgIpc) is 3.53. The van der Waals surface area contributed by atoms with E-state index in [1.807, 2.05) is 44.2 Å². The van der Waals surface area contributed by atoms with Gasteiger partial charge >= 0.3 is 0 Å². The predicted octanol–water partition coefficient (Wildman–Crippen LogP) is 3.86. The Labute approximate surface area is 204 Å². The van der Waals surface area contributed by atoms with Crippen LogP contribution in [0.2, 0.25) is 0 Å². The van der Waals surface area contributed by atoms with Crippen molar-refractivity contribution in [3.8, 4) is 11.3 Å². The summed E-state index contributed by atoms with van der Waals surface area (Å²) in [5.74, 6) is -0.571. The van der Waals surface area contributed by atoms with Gasteiger partial charge in [-0.25, -0.2) is 0 Å². The van der Waals surface area contributed by atoms with Crippen LogP contribution in [0.5, 0.6) is 0 Å². The van der Waals surface area contributed by atoms with E-state index in [1.165, 1.54) is 0 Å². The van der Waals surface area contributed by atoms with Gasteiger partial charge in [0.2, 0.25) is 17.7 Å². The number of rotatable bonds is 7. The lowest BCUT2D eigenvalue weighted by Crippen LogP contribution is -2.56. The Morgan fingerprint density at radius 2 is 1.76 bits per heavy atom. The van der Waals surface area contributed by atoms with E-state index in [0.29, 0.717) is 23.7 Å². The van der Waals surface area contributed by atoms with Crippen molar-refractivity contribution in [2.45, 2.75) is 70.9 Å². The first-order chi connectivity index (χ1) is 16.5. The van der Waals surface area contributed by atoms with Crippen molar-refractivity contribution in [1.29, 1.82) is 0 Å². The van der Waals surface area contributed by atoms with Crippen molar-refractivity contribution < 1.29 is 14.4 Å². The maximum absolute atomic E-state index is 13.7. The fourth-order valence-electron chi connectivity index (χ4n) is 4.90. The zero-order valence-electron chi connectivity index (χ0n) is 19.8. The summed E-state index contributed by atoms with van der Waals surface area (Å²) >= 11 is 1.13. The van der Waals surface area contributed by atoms with Crippen molar-refractivity contribution in [3.63, 3.8) is 0 Å². The zero-order chi connectivity index (χ0) is 24.1. The van der Waals surface area contributed by atoms with Crippen LogP contribution >= 0.6 is 11.5 Å². The first-order valence-electron chi connectivity index (χ1n) is 12.2. The molecule has 2 fully saturated rings. The van der Waals surface area contributed by atoms with Crippen LogP contribution in [-0.4, -0.2) is 50.8 Å². The molecule has 1 saturated heterocycles. The summed E-state index contributed by atoms with van der Waals surface area (Å²) in [7, 11) is 0. The van der Waals surface area contributed by atoms with E-state index in [9.17, 15) is 14.4 Å². The molecule has 34 heavy (non-hydrogen) atoms. The van der Waals surface area contributed by atoms with Crippen molar-refractivity contribution >= 4 is 34.3 Å². The molecule has 2 aliphatic rings. The molecule has 2 aromatic rings. The van der Waals surface area contributed by atoms with Gasteiger partial charge in [0.1, 0.15) is 22.8 Å². The number of aromatic nitrogens is 2. The van der Waals surface area contributed by atoms with Crippen molar-refractivity contribution in [1.82, 2.24) is 19.8 Å². The summed E-state index contributed by atoms with van der Waals surface area (Å²) in [4.78, 5) is 41.2. The highest BCUT2D eigenvalue weighted by Crippen LogP contribution is 2.32. The molecule has 0 radical (unpaired) electrons. The first-order valence-corrected chi connectivity index (χ1v) is 13.0. The molecule has 2 atom stereocenters. The maximum Gasteiger partial charge on any atom is 0.247 e. The van der Waals surface area contributed by atoms with Gasteiger partial charge in [-0.3, -0.25) is 14.4 Å². The normalized spacial score (nSPS) is 19.7. The van der Waals surface area contributed by atoms with Gasteiger partial charge in [-0.05, 0) is 31.6 Å². The Morgan fingerprint density at radius 3 is 2.47 bits per heavy atom. The van der Waals surface area contributed by atoms with E-state index in [-0.39, 0.29) is 29.6 Å². The second kappa shape index (κ2) is 11.1. The fraction of sp³-hybridized carbons (Fsp3) is 0.560. The second-order valence-corrected chi connectivity index (χ2v) is 10.3. The molecular weight excluding hydrogens is 450 g/mol. The van der Waals surface area contributed by atoms with E-state index in [4.69, 9.17) is 0 Å². The van der Waals surface area contributed by atoms with E-state index in [0.717, 1.165) is 55.6 Å². The molecule has 0 spiro atoms. The van der Waals surface area contributed by atoms with Crippen molar-refractivity contribution in [3.05, 3.63) is 30.3 Å². The standard InChI is InChI=1S/C25H33N5O3S/c1-16(2)22(31)26-21(18-12-7-4-8-13-18)25(33)30-15-9-14-19(30)23(32)27-24-20(28-29-34-24)17-10-5-3-6-11-17/h3,5-6,10-11,16,18-19,21H,4,7-9,12-15H2,1-2H3,(H,26,31)(H,27,32)/t19-,21?/m0/s1. The molecule has 1 aromatic carbocycles. The highest BCUT2D eigenvalue weighted by atomic mass is 32.1. The Bertz CT molecular complexity index is 1000. The Kier molecular flexibility index (Phi) is 7.92. The van der Waals surface area contributed by atoms with E-state index < -0.39 is 12.1 Å². The van der Waals surface area contributed by atoms with Gasteiger partial charge in [-0.2, -0.15) is 0 Å². The molecule has 1 aliphatic heterocycles. The molecular formula is C25H33N5O3S. The number of amides is 3. The van der Waals surface area contributed by atoms with Crippen LogP contribution in [0.4, 0.5) is 5.00 Å². The average molecular weight is 484 g/mol. The van der Waals surface area contributed by atoms with E-state index in [1.54, 1.807) is 4.90 Å². The van der Waals surface area contributed by atoms with Crippen LogP contribution < -0.4 is 10.6 Å². The summed E-state index contributed by atoms with van der Waals surface area (Å²) in [6.45, 7) is 4.18. The van der Waals surface area contributed by atoms with Gasteiger partial charge in [0, 0.05) is 29.6 Å². The summed E-state index contributed by atoms with van der Waals surface area (Å²) in [5, 5.41) is 10.7. The third-order valence-corrected chi connectivity index (χ3v) is 7.46. The third kappa shape index (κ3) is 5.46. The lowest BCUT2D eigenvalue weighted by molar-refractivity contribution is -0.142. The highest BCUT2D eigenvalue weighted by molar-refractivity contribution is 7.10. The van der Waals surface area contributed by atoms with Crippen LogP contribution in [0.25, 0.3) is 11.3 Å². The monoisotopic (exact) mass is 483 g/mol. The summed E-state index contributed by atoms with van der Waals surface area (Å²) < 4.78 is 4.02. The predicted molar refractivity (Wildman–Crippen MR) is 132 cm³/mol. The van der Waals surface area contributed by atoms with Gasteiger partial charge < -0.3 is 15.5 Å².